The zero-order valence-corrected chi connectivity index (χ0v) is 13.0. The van der Waals surface area contributed by atoms with Gasteiger partial charge in [-0.05, 0) is 25.1 Å². The Kier molecular flexibility index (Phi) is 4.85. The van der Waals surface area contributed by atoms with Crippen molar-refractivity contribution in [3.8, 4) is 0 Å². The van der Waals surface area contributed by atoms with E-state index in [1.165, 1.54) is 4.90 Å². The van der Waals surface area contributed by atoms with Gasteiger partial charge in [-0.2, -0.15) is 0 Å². The molecule has 0 spiro atoms. The average Bonchev–Trinajstić information content (AvgIpc) is 2.41. The van der Waals surface area contributed by atoms with Gasteiger partial charge in [-0.25, -0.2) is 12.8 Å². The first-order valence-electron chi connectivity index (χ1n) is 6.37. The highest BCUT2D eigenvalue weighted by atomic mass is 35.5. The molecule has 0 radical (unpaired) electrons. The van der Waals surface area contributed by atoms with Gasteiger partial charge in [0.15, 0.2) is 9.84 Å². The summed E-state index contributed by atoms with van der Waals surface area (Å²) in [5, 5.41) is -0.288. The molecule has 1 aliphatic heterocycles. The SMILES string of the molecule is C[C@@H]1CN(C(=O)CS(=O)(=O)c2ccc(F)c(Cl)c2)CCO1. The molecule has 0 saturated carbocycles. The third kappa shape index (κ3) is 3.93. The number of sulfone groups is 1. The highest BCUT2D eigenvalue weighted by molar-refractivity contribution is 7.92. The Balaban J connectivity index is 2.13. The highest BCUT2D eigenvalue weighted by Crippen LogP contribution is 2.20. The third-order valence-corrected chi connectivity index (χ3v) is 5.05. The summed E-state index contributed by atoms with van der Waals surface area (Å²) < 4.78 is 42.7. The van der Waals surface area contributed by atoms with Crippen LogP contribution >= 0.6 is 11.6 Å². The van der Waals surface area contributed by atoms with Crippen molar-refractivity contribution >= 4 is 27.3 Å². The molecule has 1 fully saturated rings. The number of nitrogens with zero attached hydrogens (tertiary/aromatic N) is 1. The molecule has 1 heterocycles. The van der Waals surface area contributed by atoms with Gasteiger partial charge in [0.25, 0.3) is 0 Å². The molecular weight excluding hydrogens is 321 g/mol. The number of halogens is 2. The van der Waals surface area contributed by atoms with E-state index in [1.54, 1.807) is 0 Å². The van der Waals surface area contributed by atoms with Crippen molar-refractivity contribution < 1.29 is 22.3 Å². The number of carbonyl (C=O) groups excluding carboxylic acids is 1. The van der Waals surface area contributed by atoms with Crippen LogP contribution in [0.5, 0.6) is 0 Å². The van der Waals surface area contributed by atoms with Crippen LogP contribution in [0.3, 0.4) is 0 Å². The molecule has 0 unspecified atom stereocenters. The molecule has 116 valence electrons. The summed E-state index contributed by atoms with van der Waals surface area (Å²) in [6.07, 6.45) is -0.120. The fourth-order valence-corrected chi connectivity index (χ4v) is 3.54. The molecule has 0 bridgehead atoms. The van der Waals surface area contributed by atoms with Gasteiger partial charge in [0.05, 0.1) is 22.6 Å². The first-order valence-corrected chi connectivity index (χ1v) is 8.40. The van der Waals surface area contributed by atoms with Crippen LogP contribution in [0.2, 0.25) is 5.02 Å². The molecule has 21 heavy (non-hydrogen) atoms. The summed E-state index contributed by atoms with van der Waals surface area (Å²) in [6.45, 7) is 2.92. The van der Waals surface area contributed by atoms with Gasteiger partial charge in [0.2, 0.25) is 5.91 Å². The standard InChI is InChI=1S/C13H15ClFNO4S/c1-9-7-16(4-5-20-9)13(17)8-21(18,19)10-2-3-12(15)11(14)6-10/h2-3,6,9H,4-5,7-8H2,1H3/t9-/m1/s1. The Morgan fingerprint density at radius 2 is 2.24 bits per heavy atom. The topological polar surface area (TPSA) is 63.7 Å². The summed E-state index contributed by atoms with van der Waals surface area (Å²) in [5.74, 6) is -1.86. The molecule has 1 aliphatic rings. The normalized spacial score (nSPS) is 19.6. The summed E-state index contributed by atoms with van der Waals surface area (Å²) in [5.41, 5.74) is 0. The maximum Gasteiger partial charge on any atom is 0.238 e. The zero-order chi connectivity index (χ0) is 15.6. The smallest absolute Gasteiger partial charge is 0.238 e. The maximum absolute atomic E-state index is 13.1. The van der Waals surface area contributed by atoms with Crippen LogP contribution in [0.25, 0.3) is 0 Å². The van der Waals surface area contributed by atoms with Gasteiger partial charge in [-0.15, -0.1) is 0 Å². The number of benzene rings is 1. The minimum atomic E-state index is -3.85. The van der Waals surface area contributed by atoms with Gasteiger partial charge in [-0.3, -0.25) is 4.79 Å². The van der Waals surface area contributed by atoms with Crippen LogP contribution in [0.15, 0.2) is 23.1 Å². The number of morpholine rings is 1. The summed E-state index contributed by atoms with van der Waals surface area (Å²) in [7, 11) is -3.85. The van der Waals surface area contributed by atoms with Crippen molar-refractivity contribution in [1.82, 2.24) is 4.90 Å². The lowest BCUT2D eigenvalue weighted by atomic mass is 10.3. The maximum atomic E-state index is 13.1. The van der Waals surface area contributed by atoms with Gasteiger partial charge in [0, 0.05) is 13.1 Å². The number of rotatable bonds is 3. The Morgan fingerprint density at radius 3 is 2.86 bits per heavy atom. The van der Waals surface area contributed by atoms with E-state index < -0.39 is 27.3 Å². The van der Waals surface area contributed by atoms with Crippen LogP contribution in [0.4, 0.5) is 4.39 Å². The zero-order valence-electron chi connectivity index (χ0n) is 11.4. The lowest BCUT2D eigenvalue weighted by Crippen LogP contribution is -2.46. The molecule has 5 nitrogen and oxygen atoms in total. The monoisotopic (exact) mass is 335 g/mol. The van der Waals surface area contributed by atoms with Gasteiger partial charge >= 0.3 is 0 Å². The minimum absolute atomic E-state index is 0.120. The molecule has 0 aromatic heterocycles. The molecule has 1 saturated heterocycles. The molecular formula is C13H15ClFNO4S. The molecule has 0 N–H and O–H groups in total. The van der Waals surface area contributed by atoms with Crippen molar-refractivity contribution in [2.45, 2.75) is 17.9 Å². The second-order valence-corrected chi connectivity index (χ2v) is 7.25. The molecule has 1 atom stereocenters. The van der Waals surface area contributed by atoms with Crippen LogP contribution in [0.1, 0.15) is 6.92 Å². The Bertz CT molecular complexity index is 650. The lowest BCUT2D eigenvalue weighted by Gasteiger charge is -2.31. The molecule has 1 amide bonds. The number of hydrogen-bond donors (Lipinski definition) is 0. The van der Waals surface area contributed by atoms with E-state index >= 15 is 0 Å². The fourth-order valence-electron chi connectivity index (χ4n) is 2.05. The first kappa shape index (κ1) is 16.2. The molecule has 0 aliphatic carbocycles. The van der Waals surface area contributed by atoms with E-state index in [0.29, 0.717) is 19.7 Å². The Morgan fingerprint density at radius 1 is 1.52 bits per heavy atom. The second-order valence-electron chi connectivity index (χ2n) is 4.86. The highest BCUT2D eigenvalue weighted by Gasteiger charge is 2.27. The van der Waals surface area contributed by atoms with Crippen molar-refractivity contribution in [2.75, 3.05) is 25.4 Å². The van der Waals surface area contributed by atoms with E-state index in [9.17, 15) is 17.6 Å². The van der Waals surface area contributed by atoms with Crippen LogP contribution in [0, 0.1) is 5.82 Å². The molecule has 8 heteroatoms. The van der Waals surface area contributed by atoms with E-state index in [4.69, 9.17) is 16.3 Å². The lowest BCUT2D eigenvalue weighted by molar-refractivity contribution is -0.135. The van der Waals surface area contributed by atoms with E-state index in [-0.39, 0.29) is 16.0 Å². The van der Waals surface area contributed by atoms with Crippen LogP contribution < -0.4 is 0 Å². The predicted molar refractivity (Wildman–Crippen MR) is 75.5 cm³/mol. The number of amides is 1. The van der Waals surface area contributed by atoms with E-state index in [1.807, 2.05) is 6.92 Å². The van der Waals surface area contributed by atoms with Crippen molar-refractivity contribution in [2.24, 2.45) is 0 Å². The summed E-state index contributed by atoms with van der Waals surface area (Å²) >= 11 is 5.57. The summed E-state index contributed by atoms with van der Waals surface area (Å²) in [6, 6.07) is 3.09. The summed E-state index contributed by atoms with van der Waals surface area (Å²) in [4.78, 5) is 13.4. The Hall–Kier alpha value is -1.18. The third-order valence-electron chi connectivity index (χ3n) is 3.16. The van der Waals surface area contributed by atoms with Crippen molar-refractivity contribution in [1.29, 1.82) is 0 Å². The van der Waals surface area contributed by atoms with Crippen molar-refractivity contribution in [3.05, 3.63) is 29.0 Å². The van der Waals surface area contributed by atoms with Crippen molar-refractivity contribution in [3.63, 3.8) is 0 Å². The average molecular weight is 336 g/mol. The number of hydrogen-bond acceptors (Lipinski definition) is 4. The fraction of sp³-hybridized carbons (Fsp3) is 0.462. The predicted octanol–water partition coefficient (Wildman–Crippen LogP) is 1.50. The number of carbonyl (C=O) groups is 1. The molecule has 2 rings (SSSR count). The van der Waals surface area contributed by atoms with Crippen LogP contribution in [-0.4, -0.2) is 50.8 Å². The van der Waals surface area contributed by atoms with E-state index in [0.717, 1.165) is 18.2 Å². The quantitative estimate of drug-likeness (QED) is 0.785. The van der Waals surface area contributed by atoms with Crippen LogP contribution in [-0.2, 0) is 19.4 Å². The van der Waals surface area contributed by atoms with Gasteiger partial charge < -0.3 is 9.64 Å². The Labute approximate surface area is 127 Å². The van der Waals surface area contributed by atoms with E-state index in [2.05, 4.69) is 0 Å². The second kappa shape index (κ2) is 6.29. The largest absolute Gasteiger partial charge is 0.375 e. The molecule has 1 aromatic carbocycles. The van der Waals surface area contributed by atoms with Gasteiger partial charge in [0.1, 0.15) is 11.6 Å². The molecule has 1 aromatic rings. The minimum Gasteiger partial charge on any atom is -0.375 e. The first-order chi connectivity index (χ1) is 9.79. The van der Waals surface area contributed by atoms with Gasteiger partial charge in [-0.1, -0.05) is 11.6 Å². The number of ether oxygens (including phenoxy) is 1.